The van der Waals surface area contributed by atoms with Gasteiger partial charge in [0.15, 0.2) is 0 Å². The van der Waals surface area contributed by atoms with E-state index in [0.717, 1.165) is 27.9 Å². The molecule has 0 spiro atoms. The lowest BCUT2D eigenvalue weighted by Crippen LogP contribution is -2.01. The first kappa shape index (κ1) is 21.8. The van der Waals surface area contributed by atoms with Gasteiger partial charge in [-0.15, -0.1) is 0 Å². The normalized spacial score (nSPS) is 11.6. The molecule has 0 aliphatic heterocycles. The highest BCUT2D eigenvalue weighted by molar-refractivity contribution is 6.24. The first-order valence-electron chi connectivity index (χ1n) is 13.2. The van der Waals surface area contributed by atoms with Crippen molar-refractivity contribution in [2.45, 2.75) is 0 Å². The molecule has 0 saturated carbocycles. The predicted molar refractivity (Wildman–Crippen MR) is 162 cm³/mol. The highest BCUT2D eigenvalue weighted by Crippen LogP contribution is 2.44. The molecule has 5 aromatic carbocycles. The number of nitrogens with zero attached hydrogens (tertiary/aromatic N) is 3. The van der Waals surface area contributed by atoms with Crippen LogP contribution in [0.1, 0.15) is 0 Å². The maximum Gasteiger partial charge on any atom is 0.0620 e. The Morgan fingerprint density at radius 2 is 0.846 bits per heavy atom. The second-order valence-electron chi connectivity index (χ2n) is 9.87. The lowest BCUT2D eigenvalue weighted by atomic mass is 9.96. The van der Waals surface area contributed by atoms with Crippen molar-refractivity contribution in [2.75, 3.05) is 0 Å². The van der Waals surface area contributed by atoms with Crippen molar-refractivity contribution in [3.8, 4) is 27.9 Å². The number of aromatic nitrogens is 3. The molecule has 0 bridgehead atoms. The number of benzene rings is 5. The Balaban J connectivity index is 1.67. The van der Waals surface area contributed by atoms with Gasteiger partial charge in [0, 0.05) is 57.5 Å². The summed E-state index contributed by atoms with van der Waals surface area (Å²) in [6.45, 7) is 0. The van der Waals surface area contributed by atoms with Crippen LogP contribution in [-0.4, -0.2) is 14.5 Å². The van der Waals surface area contributed by atoms with Gasteiger partial charge in [-0.05, 0) is 46.2 Å². The molecule has 0 radical (unpaired) electrons. The third kappa shape index (κ3) is 3.30. The molecule has 3 aromatic heterocycles. The van der Waals surface area contributed by atoms with Crippen LogP contribution in [0.4, 0.5) is 0 Å². The molecule has 3 heterocycles. The van der Waals surface area contributed by atoms with E-state index in [-0.39, 0.29) is 0 Å². The van der Waals surface area contributed by atoms with Gasteiger partial charge in [0.25, 0.3) is 0 Å². The zero-order valence-corrected chi connectivity index (χ0v) is 21.1. The minimum Gasteiger partial charge on any atom is -0.307 e. The second-order valence-corrected chi connectivity index (χ2v) is 9.87. The molecule has 39 heavy (non-hydrogen) atoms. The average molecular weight is 498 g/mol. The van der Waals surface area contributed by atoms with E-state index in [0.29, 0.717) is 0 Å². The molecule has 0 fully saturated rings. The van der Waals surface area contributed by atoms with E-state index >= 15 is 0 Å². The van der Waals surface area contributed by atoms with E-state index in [9.17, 15) is 0 Å². The van der Waals surface area contributed by atoms with Crippen LogP contribution in [-0.2, 0) is 0 Å². The first-order chi connectivity index (χ1) is 19.4. The van der Waals surface area contributed by atoms with Crippen LogP contribution in [0, 0.1) is 0 Å². The number of hydrogen-bond donors (Lipinski definition) is 0. The Morgan fingerprint density at radius 1 is 0.385 bits per heavy atom. The summed E-state index contributed by atoms with van der Waals surface area (Å²) in [4.78, 5) is 8.62. The molecule has 0 aliphatic carbocycles. The van der Waals surface area contributed by atoms with Crippen LogP contribution in [0.2, 0.25) is 0 Å². The van der Waals surface area contributed by atoms with E-state index in [4.69, 9.17) is 0 Å². The lowest BCUT2D eigenvalue weighted by Gasteiger charge is -2.20. The minimum absolute atomic E-state index is 1.13. The first-order valence-corrected chi connectivity index (χ1v) is 13.2. The van der Waals surface area contributed by atoms with Gasteiger partial charge in [0.2, 0.25) is 0 Å². The number of fused-ring (bicyclic) bond motifs is 7. The van der Waals surface area contributed by atoms with Crippen molar-refractivity contribution in [1.82, 2.24) is 14.5 Å². The zero-order valence-electron chi connectivity index (χ0n) is 21.1. The standard InChI is InChI=1S/C36H23N3/c1-3-8-28-24(6-1)12-14-32-33-15-13-25-7-2-4-9-29(25)36(33)39(35(28)32)34-30(26-16-20-37-21-17-26)10-5-11-31(34)27-18-22-38-23-19-27/h1-23H. The van der Waals surface area contributed by atoms with Crippen LogP contribution in [0.5, 0.6) is 0 Å². The van der Waals surface area contributed by atoms with Crippen molar-refractivity contribution in [3.05, 3.63) is 140 Å². The van der Waals surface area contributed by atoms with Gasteiger partial charge in [-0.1, -0.05) is 91.0 Å². The molecule has 8 rings (SSSR count). The maximum absolute atomic E-state index is 4.31. The fourth-order valence-electron chi connectivity index (χ4n) is 6.08. The minimum atomic E-state index is 1.13. The summed E-state index contributed by atoms with van der Waals surface area (Å²) in [6, 6.07) is 41.5. The molecular weight excluding hydrogens is 474 g/mol. The predicted octanol–water partition coefficient (Wildman–Crippen LogP) is 9.21. The van der Waals surface area contributed by atoms with Crippen molar-refractivity contribution in [1.29, 1.82) is 0 Å². The Morgan fingerprint density at radius 3 is 1.33 bits per heavy atom. The van der Waals surface area contributed by atoms with Gasteiger partial charge in [0.05, 0.1) is 16.7 Å². The Bertz CT molecular complexity index is 2010. The molecular formula is C36H23N3. The third-order valence-corrected chi connectivity index (χ3v) is 7.78. The fraction of sp³-hybridized carbons (Fsp3) is 0. The summed E-state index contributed by atoms with van der Waals surface area (Å²) in [5.41, 5.74) is 8.17. The Kier molecular flexibility index (Phi) is 4.82. The van der Waals surface area contributed by atoms with Gasteiger partial charge >= 0.3 is 0 Å². The third-order valence-electron chi connectivity index (χ3n) is 7.78. The van der Waals surface area contributed by atoms with Crippen molar-refractivity contribution < 1.29 is 0 Å². The molecule has 0 amide bonds. The summed E-state index contributed by atoms with van der Waals surface area (Å²) < 4.78 is 2.51. The molecule has 0 saturated heterocycles. The quantitative estimate of drug-likeness (QED) is 0.244. The van der Waals surface area contributed by atoms with E-state index in [2.05, 4.69) is 130 Å². The molecule has 182 valence electrons. The maximum atomic E-state index is 4.31. The van der Waals surface area contributed by atoms with E-state index in [1.54, 1.807) is 0 Å². The number of pyridine rings is 2. The van der Waals surface area contributed by atoms with Crippen LogP contribution >= 0.6 is 0 Å². The number of para-hydroxylation sites is 1. The number of rotatable bonds is 3. The van der Waals surface area contributed by atoms with Gasteiger partial charge in [0.1, 0.15) is 0 Å². The van der Waals surface area contributed by atoms with Crippen molar-refractivity contribution >= 4 is 43.4 Å². The fourth-order valence-corrected chi connectivity index (χ4v) is 6.08. The SMILES string of the molecule is c1cc(-c2ccncc2)c(-n2c3c4ccccc4ccc3c3ccc4ccccc4c32)c(-c2ccncc2)c1. The molecule has 0 atom stereocenters. The topological polar surface area (TPSA) is 30.7 Å². The van der Waals surface area contributed by atoms with Gasteiger partial charge in [-0.25, -0.2) is 0 Å². The van der Waals surface area contributed by atoms with E-state index in [1.165, 1.54) is 43.4 Å². The zero-order chi connectivity index (χ0) is 25.8. The van der Waals surface area contributed by atoms with Crippen LogP contribution in [0.15, 0.2) is 140 Å². The Hall–Kier alpha value is -5.28. The highest BCUT2D eigenvalue weighted by atomic mass is 15.0. The molecule has 0 aliphatic rings. The summed E-state index contributed by atoms with van der Waals surface area (Å²) in [5.74, 6) is 0. The van der Waals surface area contributed by atoms with Gasteiger partial charge in [-0.2, -0.15) is 0 Å². The molecule has 3 nitrogen and oxygen atoms in total. The van der Waals surface area contributed by atoms with Crippen LogP contribution < -0.4 is 0 Å². The molecule has 0 N–H and O–H groups in total. The highest BCUT2D eigenvalue weighted by Gasteiger charge is 2.22. The molecule has 0 unspecified atom stereocenters. The van der Waals surface area contributed by atoms with Gasteiger partial charge in [-0.3, -0.25) is 9.97 Å². The van der Waals surface area contributed by atoms with E-state index < -0.39 is 0 Å². The van der Waals surface area contributed by atoms with Crippen molar-refractivity contribution in [2.24, 2.45) is 0 Å². The smallest absolute Gasteiger partial charge is 0.0620 e. The lowest BCUT2D eigenvalue weighted by molar-refractivity contribution is 1.19. The molecule has 8 aromatic rings. The average Bonchev–Trinajstić information content (AvgIpc) is 3.36. The van der Waals surface area contributed by atoms with Crippen molar-refractivity contribution in [3.63, 3.8) is 0 Å². The van der Waals surface area contributed by atoms with Crippen LogP contribution in [0.3, 0.4) is 0 Å². The number of hydrogen-bond acceptors (Lipinski definition) is 2. The van der Waals surface area contributed by atoms with Gasteiger partial charge < -0.3 is 4.57 Å². The second kappa shape index (κ2) is 8.64. The van der Waals surface area contributed by atoms with Crippen LogP contribution in [0.25, 0.3) is 71.3 Å². The largest absolute Gasteiger partial charge is 0.307 e. The van der Waals surface area contributed by atoms with E-state index in [1.807, 2.05) is 24.8 Å². The summed E-state index contributed by atoms with van der Waals surface area (Å²) >= 11 is 0. The molecule has 3 heteroatoms. The summed E-state index contributed by atoms with van der Waals surface area (Å²) in [5, 5.41) is 7.43. The summed E-state index contributed by atoms with van der Waals surface area (Å²) in [7, 11) is 0. The summed E-state index contributed by atoms with van der Waals surface area (Å²) in [6.07, 6.45) is 7.48. The Labute approximate surface area is 225 Å². The monoisotopic (exact) mass is 497 g/mol.